The number of thiophene rings is 1. The summed E-state index contributed by atoms with van der Waals surface area (Å²) in [7, 11) is 0. The Morgan fingerprint density at radius 3 is 2.49 bits per heavy atom. The van der Waals surface area contributed by atoms with Gasteiger partial charge in [0.15, 0.2) is 18.2 Å². The lowest BCUT2D eigenvalue weighted by Crippen LogP contribution is -2.52. The molecule has 1 aromatic carbocycles. The number of fused-ring (bicyclic) bond motifs is 1. The van der Waals surface area contributed by atoms with E-state index < -0.39 is 11.8 Å². The molecule has 16 heteroatoms. The number of urea groups is 1. The third-order valence-corrected chi connectivity index (χ3v) is 8.33. The number of nitrogens with one attached hydrogen (secondary N) is 2. The first-order valence-electron chi connectivity index (χ1n) is 14.2. The van der Waals surface area contributed by atoms with Crippen LogP contribution in [0.4, 0.5) is 14.9 Å². The fourth-order valence-electron chi connectivity index (χ4n) is 4.67. The van der Waals surface area contributed by atoms with Crippen molar-refractivity contribution in [1.82, 2.24) is 35.1 Å². The lowest BCUT2D eigenvalue weighted by atomic mass is 10.3. The Kier molecular flexibility index (Phi) is 8.55. The van der Waals surface area contributed by atoms with Gasteiger partial charge in [0.1, 0.15) is 18.0 Å². The number of benzene rings is 1. The van der Waals surface area contributed by atoms with Crippen LogP contribution >= 0.6 is 11.3 Å². The number of halogens is 1. The van der Waals surface area contributed by atoms with Crippen molar-refractivity contribution in [3.8, 4) is 22.1 Å². The number of carbonyl (C=O) groups is 4. The normalized spacial score (nSPS) is 14.7. The molecule has 2 aliphatic rings. The van der Waals surface area contributed by atoms with E-state index in [-0.39, 0.29) is 42.8 Å². The zero-order valence-electron chi connectivity index (χ0n) is 24.2. The molecule has 1 saturated heterocycles. The van der Waals surface area contributed by atoms with Gasteiger partial charge in [0.05, 0.1) is 21.3 Å². The molecule has 1 aliphatic carbocycles. The lowest BCUT2D eigenvalue weighted by molar-refractivity contribution is -0.151. The van der Waals surface area contributed by atoms with Gasteiger partial charge in [-0.05, 0) is 31.0 Å². The molecule has 0 spiro atoms. The van der Waals surface area contributed by atoms with Crippen molar-refractivity contribution in [1.29, 1.82) is 0 Å². The summed E-state index contributed by atoms with van der Waals surface area (Å²) in [5, 5.41) is 13.7. The van der Waals surface area contributed by atoms with Gasteiger partial charge in [0.2, 0.25) is 5.91 Å². The first kappa shape index (κ1) is 29.9. The number of rotatable bonds is 9. The van der Waals surface area contributed by atoms with Crippen LogP contribution in [0, 0.1) is 5.82 Å². The van der Waals surface area contributed by atoms with Crippen molar-refractivity contribution in [2.75, 3.05) is 38.1 Å². The summed E-state index contributed by atoms with van der Waals surface area (Å²) in [4.78, 5) is 56.3. The number of hydrogen-bond donors (Lipinski definition) is 2. The first-order chi connectivity index (χ1) is 21.7. The third-order valence-electron chi connectivity index (χ3n) is 7.17. The Morgan fingerprint density at radius 2 is 1.78 bits per heavy atom. The van der Waals surface area contributed by atoms with E-state index in [1.165, 1.54) is 35.1 Å². The zero-order valence-corrected chi connectivity index (χ0v) is 25.0. The topological polar surface area (TPSA) is 161 Å². The van der Waals surface area contributed by atoms with Crippen LogP contribution in [0.25, 0.3) is 20.8 Å². The quantitative estimate of drug-likeness (QED) is 0.263. The van der Waals surface area contributed by atoms with E-state index in [9.17, 15) is 23.6 Å². The highest BCUT2D eigenvalue weighted by molar-refractivity contribution is 7.22. The SMILES string of the molecule is CC(=O)OCC(=O)N1CCN(C(=O)Cn2cc(-c3cc4nccc(Oc5ccc(NC(=O)NC6CC6)cc5F)c4s3)nn2)CC1. The average molecular weight is 637 g/mol. The molecule has 45 heavy (non-hydrogen) atoms. The number of ether oxygens (including phenoxy) is 2. The number of anilines is 1. The Labute approximate surface area is 260 Å². The minimum absolute atomic E-state index is 0.00958. The van der Waals surface area contributed by atoms with Gasteiger partial charge in [-0.2, -0.15) is 0 Å². The summed E-state index contributed by atoms with van der Waals surface area (Å²) in [6.07, 6.45) is 5.11. The lowest BCUT2D eigenvalue weighted by Gasteiger charge is -2.34. The molecule has 4 amide bonds. The number of pyridine rings is 1. The Balaban J connectivity index is 1.07. The van der Waals surface area contributed by atoms with E-state index in [4.69, 9.17) is 9.47 Å². The maximum Gasteiger partial charge on any atom is 0.319 e. The second-order valence-electron chi connectivity index (χ2n) is 10.6. The molecule has 234 valence electrons. The number of nitrogens with zero attached hydrogens (tertiary/aromatic N) is 6. The molecular formula is C29H29FN8O6S. The maximum atomic E-state index is 14.9. The Bertz CT molecular complexity index is 1760. The number of carbonyl (C=O) groups excluding carboxylic acids is 4. The number of hydrogen-bond acceptors (Lipinski definition) is 10. The number of esters is 1. The predicted molar refractivity (Wildman–Crippen MR) is 160 cm³/mol. The van der Waals surface area contributed by atoms with Crippen molar-refractivity contribution in [3.05, 3.63) is 48.5 Å². The molecule has 0 atom stereocenters. The van der Waals surface area contributed by atoms with Crippen molar-refractivity contribution in [2.45, 2.75) is 32.4 Å². The predicted octanol–water partition coefficient (Wildman–Crippen LogP) is 3.00. The molecule has 1 aliphatic heterocycles. The van der Waals surface area contributed by atoms with E-state index in [0.717, 1.165) is 17.7 Å². The molecule has 0 unspecified atom stereocenters. The molecule has 4 aromatic rings. The highest BCUT2D eigenvalue weighted by Crippen LogP contribution is 2.39. The van der Waals surface area contributed by atoms with Crippen molar-refractivity contribution in [2.24, 2.45) is 0 Å². The molecule has 2 fully saturated rings. The average Bonchev–Trinajstić information content (AvgIpc) is 3.51. The minimum atomic E-state index is -0.636. The van der Waals surface area contributed by atoms with Crippen LogP contribution in [0.2, 0.25) is 0 Å². The van der Waals surface area contributed by atoms with E-state index in [0.29, 0.717) is 53.5 Å². The van der Waals surface area contributed by atoms with Gasteiger partial charge in [-0.3, -0.25) is 19.4 Å². The van der Waals surface area contributed by atoms with Crippen LogP contribution in [-0.4, -0.2) is 92.4 Å². The third kappa shape index (κ3) is 7.34. The first-order valence-corrected chi connectivity index (χ1v) is 15.1. The second kappa shape index (κ2) is 12.9. The van der Waals surface area contributed by atoms with Gasteiger partial charge in [0, 0.05) is 63.2 Å². The number of aromatic nitrogens is 4. The number of amides is 4. The van der Waals surface area contributed by atoms with Crippen LogP contribution in [0.15, 0.2) is 42.7 Å². The second-order valence-corrected chi connectivity index (χ2v) is 11.6. The molecule has 0 radical (unpaired) electrons. The van der Waals surface area contributed by atoms with Crippen molar-refractivity contribution < 1.29 is 33.0 Å². The molecule has 3 aromatic heterocycles. The molecule has 2 N–H and O–H groups in total. The summed E-state index contributed by atoms with van der Waals surface area (Å²) in [5.41, 5.74) is 1.46. The monoisotopic (exact) mass is 636 g/mol. The van der Waals surface area contributed by atoms with Crippen LogP contribution < -0.4 is 15.4 Å². The van der Waals surface area contributed by atoms with Gasteiger partial charge >= 0.3 is 12.0 Å². The molecular weight excluding hydrogens is 607 g/mol. The Morgan fingerprint density at radius 1 is 1.02 bits per heavy atom. The van der Waals surface area contributed by atoms with Gasteiger partial charge in [-0.25, -0.2) is 13.9 Å². The molecule has 6 rings (SSSR count). The van der Waals surface area contributed by atoms with Crippen LogP contribution in [0.5, 0.6) is 11.5 Å². The van der Waals surface area contributed by atoms with Crippen molar-refractivity contribution in [3.63, 3.8) is 0 Å². The minimum Gasteiger partial charge on any atom is -0.456 e. The fourth-order valence-corrected chi connectivity index (χ4v) is 5.68. The summed E-state index contributed by atoms with van der Waals surface area (Å²) < 4.78 is 27.7. The zero-order chi connectivity index (χ0) is 31.5. The highest BCUT2D eigenvalue weighted by atomic mass is 32.1. The standard InChI is InChI=1S/C29H29FN8O6S/c1-17(39)43-16-27(41)37-10-8-36(9-11-37)26(40)15-38-14-22(34-35-38)25-13-21-28(45-25)24(6-7-31-21)44-23-5-4-19(12-20(23)30)33-29(42)32-18-2-3-18/h4-7,12-14,18H,2-3,8-11,15-16H2,1H3,(H2,32,33,42). The molecule has 4 heterocycles. The summed E-state index contributed by atoms with van der Waals surface area (Å²) in [5.74, 6) is -1.23. The van der Waals surface area contributed by atoms with E-state index in [2.05, 4.69) is 25.9 Å². The van der Waals surface area contributed by atoms with Gasteiger partial charge in [-0.15, -0.1) is 16.4 Å². The molecule has 0 bridgehead atoms. The smallest absolute Gasteiger partial charge is 0.319 e. The summed E-state index contributed by atoms with van der Waals surface area (Å²) in [6, 6.07) is 7.47. The van der Waals surface area contributed by atoms with E-state index >= 15 is 0 Å². The van der Waals surface area contributed by atoms with Gasteiger partial charge in [0.25, 0.3) is 5.91 Å². The summed E-state index contributed by atoms with van der Waals surface area (Å²) in [6.45, 7) is 2.30. The molecule has 14 nitrogen and oxygen atoms in total. The highest BCUT2D eigenvalue weighted by Gasteiger charge is 2.26. The van der Waals surface area contributed by atoms with Crippen LogP contribution in [0.3, 0.4) is 0 Å². The van der Waals surface area contributed by atoms with Gasteiger partial charge in [-0.1, -0.05) is 5.21 Å². The van der Waals surface area contributed by atoms with Crippen LogP contribution in [-0.2, 0) is 25.7 Å². The molecule has 1 saturated carbocycles. The number of piperazine rings is 1. The fraction of sp³-hybridized carbons (Fsp3) is 0.345. The van der Waals surface area contributed by atoms with E-state index in [1.54, 1.807) is 34.3 Å². The summed E-state index contributed by atoms with van der Waals surface area (Å²) >= 11 is 1.34. The maximum absolute atomic E-state index is 14.9. The Hall–Kier alpha value is -5.12. The largest absolute Gasteiger partial charge is 0.456 e. The van der Waals surface area contributed by atoms with E-state index in [1.807, 2.05) is 6.07 Å². The van der Waals surface area contributed by atoms with Crippen molar-refractivity contribution >= 4 is 51.1 Å². The van der Waals surface area contributed by atoms with Crippen LogP contribution in [0.1, 0.15) is 19.8 Å². The van der Waals surface area contributed by atoms with Gasteiger partial charge < -0.3 is 29.9 Å².